The van der Waals surface area contributed by atoms with Crippen molar-refractivity contribution in [1.29, 1.82) is 0 Å². The molecule has 2 nitrogen and oxygen atoms in total. The predicted octanol–water partition coefficient (Wildman–Crippen LogP) is 13.9. The van der Waals surface area contributed by atoms with Crippen molar-refractivity contribution in [2.24, 2.45) is 7.05 Å². The predicted molar refractivity (Wildman–Crippen MR) is 227 cm³/mol. The summed E-state index contributed by atoms with van der Waals surface area (Å²) in [4.78, 5) is 3.79. The van der Waals surface area contributed by atoms with Gasteiger partial charge < -0.3 is 9.55 Å². The molecular weight excluding hydrogens is 641 g/mol. The number of hydrogen-bond donors (Lipinski definition) is 1. The van der Waals surface area contributed by atoms with Crippen molar-refractivity contribution >= 4 is 65.2 Å². The molecule has 2 aromatic heterocycles. The van der Waals surface area contributed by atoms with Crippen molar-refractivity contribution in [1.82, 2.24) is 9.55 Å². The van der Waals surface area contributed by atoms with Crippen LogP contribution in [-0.2, 0) is 7.05 Å². The quantitative estimate of drug-likeness (QED) is 0.179. The Morgan fingerprint density at radius 3 is 1.70 bits per heavy atom. The first-order chi connectivity index (χ1) is 26.2. The highest BCUT2D eigenvalue weighted by atomic mass is 14.9. The lowest BCUT2D eigenvalue weighted by atomic mass is 9.85. The van der Waals surface area contributed by atoms with E-state index in [2.05, 4.69) is 199 Å². The minimum absolute atomic E-state index is 1.16. The van der Waals surface area contributed by atoms with E-state index in [1.54, 1.807) is 0 Å². The Balaban J connectivity index is 1.27. The summed E-state index contributed by atoms with van der Waals surface area (Å²) < 4.78 is 2.37. The van der Waals surface area contributed by atoms with Crippen molar-refractivity contribution in [2.45, 2.75) is 0 Å². The van der Waals surface area contributed by atoms with Crippen LogP contribution in [0.15, 0.2) is 182 Å². The molecular formula is C51H34N2. The van der Waals surface area contributed by atoms with Crippen LogP contribution in [0.1, 0.15) is 0 Å². The van der Waals surface area contributed by atoms with Gasteiger partial charge in [0.15, 0.2) is 0 Å². The van der Waals surface area contributed by atoms with Crippen LogP contribution in [0, 0.1) is 0 Å². The molecule has 0 bridgehead atoms. The molecule has 0 atom stereocenters. The molecule has 0 aliphatic carbocycles. The van der Waals surface area contributed by atoms with Crippen molar-refractivity contribution in [3.8, 4) is 44.5 Å². The number of aryl methyl sites for hydroxylation is 1. The van der Waals surface area contributed by atoms with Gasteiger partial charge in [0.25, 0.3) is 0 Å². The van der Waals surface area contributed by atoms with E-state index in [9.17, 15) is 0 Å². The topological polar surface area (TPSA) is 20.7 Å². The summed E-state index contributed by atoms with van der Waals surface area (Å²) in [7, 11) is 2.20. The van der Waals surface area contributed by atoms with Gasteiger partial charge in [0, 0.05) is 50.8 Å². The average Bonchev–Trinajstić information content (AvgIpc) is 3.75. The van der Waals surface area contributed by atoms with E-state index in [1.165, 1.54) is 104 Å². The molecule has 0 amide bonds. The number of nitrogens with one attached hydrogen (secondary N) is 1. The summed E-state index contributed by atoms with van der Waals surface area (Å²) in [6.45, 7) is 0. The van der Waals surface area contributed by atoms with E-state index >= 15 is 0 Å². The van der Waals surface area contributed by atoms with Gasteiger partial charge in [-0.1, -0.05) is 158 Å². The van der Waals surface area contributed by atoms with E-state index in [1.807, 2.05) is 0 Å². The van der Waals surface area contributed by atoms with Crippen LogP contribution >= 0.6 is 0 Å². The number of nitrogens with zero attached hydrogens (tertiary/aromatic N) is 1. The number of aromatic nitrogens is 2. The normalized spacial score (nSPS) is 11.9. The molecule has 248 valence electrons. The zero-order valence-corrected chi connectivity index (χ0v) is 29.3. The first-order valence-electron chi connectivity index (χ1n) is 18.3. The molecule has 0 radical (unpaired) electrons. The Morgan fingerprint density at radius 2 is 0.906 bits per heavy atom. The zero-order chi connectivity index (χ0) is 35.0. The summed E-state index contributed by atoms with van der Waals surface area (Å²) >= 11 is 0. The van der Waals surface area contributed by atoms with Gasteiger partial charge in [-0.3, -0.25) is 0 Å². The lowest BCUT2D eigenvalue weighted by molar-refractivity contribution is 1.02. The highest BCUT2D eigenvalue weighted by molar-refractivity contribution is 6.23. The Bertz CT molecular complexity index is 3230. The largest absolute Gasteiger partial charge is 0.354 e. The van der Waals surface area contributed by atoms with Crippen LogP contribution in [0.4, 0.5) is 0 Å². The fourth-order valence-corrected chi connectivity index (χ4v) is 8.98. The van der Waals surface area contributed by atoms with E-state index in [0.717, 1.165) is 5.52 Å². The summed E-state index contributed by atoms with van der Waals surface area (Å²) in [5.41, 5.74) is 14.6. The highest BCUT2D eigenvalue weighted by Crippen LogP contribution is 2.46. The van der Waals surface area contributed by atoms with Crippen LogP contribution in [0.25, 0.3) is 110 Å². The first kappa shape index (κ1) is 29.8. The lowest BCUT2D eigenvalue weighted by Crippen LogP contribution is -1.93. The van der Waals surface area contributed by atoms with E-state index in [-0.39, 0.29) is 0 Å². The van der Waals surface area contributed by atoms with Crippen molar-refractivity contribution in [3.63, 3.8) is 0 Å². The highest BCUT2D eigenvalue weighted by Gasteiger charge is 2.20. The smallest absolute Gasteiger partial charge is 0.0568 e. The van der Waals surface area contributed by atoms with Crippen LogP contribution < -0.4 is 0 Å². The van der Waals surface area contributed by atoms with E-state index in [4.69, 9.17) is 0 Å². The molecule has 0 aliphatic heterocycles. The number of H-pyrrole nitrogens is 1. The maximum Gasteiger partial charge on any atom is 0.0568 e. The van der Waals surface area contributed by atoms with Crippen LogP contribution in [0.3, 0.4) is 0 Å². The fraction of sp³-hybridized carbons (Fsp3) is 0.0196. The number of para-hydroxylation sites is 4. The second-order valence-electron chi connectivity index (χ2n) is 14.2. The molecule has 1 N–H and O–H groups in total. The Hall–Kier alpha value is -6.90. The first-order valence-corrected chi connectivity index (χ1v) is 18.3. The van der Waals surface area contributed by atoms with Crippen LogP contribution in [0.2, 0.25) is 0 Å². The summed E-state index contributed by atoms with van der Waals surface area (Å²) in [6.07, 6.45) is 0. The molecule has 2 heterocycles. The molecule has 11 rings (SSSR count). The van der Waals surface area contributed by atoms with E-state index in [0.29, 0.717) is 0 Å². The third kappa shape index (κ3) is 4.46. The second kappa shape index (κ2) is 11.6. The third-order valence-corrected chi connectivity index (χ3v) is 11.3. The molecule has 0 unspecified atom stereocenters. The molecule has 0 saturated carbocycles. The molecule has 9 aromatic carbocycles. The Labute approximate surface area is 307 Å². The van der Waals surface area contributed by atoms with Gasteiger partial charge in [0.1, 0.15) is 0 Å². The number of fused-ring (bicyclic) bond motifs is 8. The standard InChI is InChI=1S/C51H34N2/c1-53-48-29-8-6-19-38(48)44-27-13-26-43(51(44)53)36-21-11-23-40-46(36)31-45-35(41-24-12-25-42-37-18-5-7-28-47(37)52-50(41)42)20-10-22-39(45)49(40)34-17-9-16-33(30-34)32-14-3-2-4-15-32/h2-31,52H,1H3. The number of rotatable bonds is 4. The van der Waals surface area contributed by atoms with Gasteiger partial charge in [-0.05, 0) is 79.2 Å². The summed E-state index contributed by atoms with van der Waals surface area (Å²) in [5.74, 6) is 0. The SMILES string of the molecule is Cn1c2ccccc2c2cccc(-c3cccc4c(-c5cccc(-c6ccccc6)c5)c5cccc(-c6cccc7c6[nH]c6ccccc67)c5cc34)c21. The Kier molecular flexibility index (Phi) is 6.50. The van der Waals surface area contributed by atoms with Gasteiger partial charge in [-0.25, -0.2) is 0 Å². The van der Waals surface area contributed by atoms with Crippen molar-refractivity contribution < 1.29 is 0 Å². The van der Waals surface area contributed by atoms with Gasteiger partial charge >= 0.3 is 0 Å². The monoisotopic (exact) mass is 674 g/mol. The number of aromatic amines is 1. The third-order valence-electron chi connectivity index (χ3n) is 11.3. The minimum atomic E-state index is 1.16. The summed E-state index contributed by atoms with van der Waals surface area (Å²) in [6, 6.07) is 66.8. The maximum atomic E-state index is 3.79. The molecule has 11 aromatic rings. The summed E-state index contributed by atoms with van der Waals surface area (Å²) in [5, 5.41) is 10.0. The number of benzene rings is 9. The van der Waals surface area contributed by atoms with Crippen molar-refractivity contribution in [3.05, 3.63) is 182 Å². The van der Waals surface area contributed by atoms with Gasteiger partial charge in [0.05, 0.1) is 11.0 Å². The van der Waals surface area contributed by atoms with Gasteiger partial charge in [0.2, 0.25) is 0 Å². The maximum absolute atomic E-state index is 3.79. The van der Waals surface area contributed by atoms with Crippen molar-refractivity contribution in [2.75, 3.05) is 0 Å². The van der Waals surface area contributed by atoms with Crippen LogP contribution in [0.5, 0.6) is 0 Å². The Morgan fingerprint density at radius 1 is 0.358 bits per heavy atom. The molecule has 0 fully saturated rings. The van der Waals surface area contributed by atoms with E-state index < -0.39 is 0 Å². The minimum Gasteiger partial charge on any atom is -0.354 e. The fourth-order valence-electron chi connectivity index (χ4n) is 8.98. The average molecular weight is 675 g/mol. The molecule has 2 heteroatoms. The van der Waals surface area contributed by atoms with Gasteiger partial charge in [-0.2, -0.15) is 0 Å². The molecule has 53 heavy (non-hydrogen) atoms. The lowest BCUT2D eigenvalue weighted by Gasteiger charge is -2.18. The number of hydrogen-bond acceptors (Lipinski definition) is 0. The second-order valence-corrected chi connectivity index (χ2v) is 14.2. The molecule has 0 aliphatic rings. The molecule has 0 spiro atoms. The van der Waals surface area contributed by atoms with Crippen LogP contribution in [-0.4, -0.2) is 9.55 Å². The van der Waals surface area contributed by atoms with Gasteiger partial charge in [-0.15, -0.1) is 0 Å². The molecule has 0 saturated heterocycles. The zero-order valence-electron chi connectivity index (χ0n) is 29.3.